The molecule has 0 atom stereocenters. The first-order valence-corrected chi connectivity index (χ1v) is 14.0. The number of para-hydroxylation sites is 4. The monoisotopic (exact) mass is 514 g/mol. The van der Waals surface area contributed by atoms with Gasteiger partial charge in [-0.15, -0.1) is 0 Å². The van der Waals surface area contributed by atoms with Crippen molar-refractivity contribution >= 4 is 35.2 Å². The van der Waals surface area contributed by atoms with Crippen molar-refractivity contribution in [3.05, 3.63) is 107 Å². The third-order valence-corrected chi connectivity index (χ3v) is 7.81. The van der Waals surface area contributed by atoms with E-state index in [-0.39, 0.29) is 5.41 Å². The Labute approximate surface area is 233 Å². The van der Waals surface area contributed by atoms with Crippen LogP contribution in [0.15, 0.2) is 94.9 Å². The van der Waals surface area contributed by atoms with Gasteiger partial charge in [0.25, 0.3) is 0 Å². The van der Waals surface area contributed by atoms with E-state index in [0.717, 1.165) is 59.6 Å². The Morgan fingerprint density at radius 3 is 1.46 bits per heavy atom. The van der Waals surface area contributed by atoms with Crippen molar-refractivity contribution < 1.29 is 0 Å². The summed E-state index contributed by atoms with van der Waals surface area (Å²) in [4.78, 5) is 9.67. The number of rotatable bonds is 10. The number of hydrogen-bond donors (Lipinski definition) is 2. The average Bonchev–Trinajstić information content (AvgIpc) is 3.23. The molecule has 39 heavy (non-hydrogen) atoms. The average molecular weight is 515 g/mol. The maximum absolute atomic E-state index is 4.83. The van der Waals surface area contributed by atoms with Gasteiger partial charge in [-0.25, -0.2) is 0 Å². The van der Waals surface area contributed by atoms with Crippen LogP contribution in [0, 0.1) is 0 Å². The van der Waals surface area contributed by atoms with Gasteiger partial charge in [-0.05, 0) is 82.6 Å². The highest BCUT2D eigenvalue weighted by molar-refractivity contribution is 5.91. The number of anilines is 2. The van der Waals surface area contributed by atoms with Gasteiger partial charge in [0.05, 0.1) is 22.7 Å². The van der Waals surface area contributed by atoms with E-state index in [1.54, 1.807) is 0 Å². The van der Waals surface area contributed by atoms with E-state index in [1.165, 1.54) is 22.3 Å². The van der Waals surface area contributed by atoms with E-state index in [1.807, 2.05) is 62.9 Å². The fourth-order valence-electron chi connectivity index (χ4n) is 6.09. The van der Waals surface area contributed by atoms with Crippen molar-refractivity contribution in [2.24, 2.45) is 9.98 Å². The maximum Gasteiger partial charge on any atom is 0.0861 e. The number of benzene rings is 4. The molecule has 0 heterocycles. The summed E-state index contributed by atoms with van der Waals surface area (Å²) in [6.07, 6.45) is 8.49. The summed E-state index contributed by atoms with van der Waals surface area (Å²) in [5.41, 5.74) is 11.8. The number of aliphatic imine (C=N–C) groups is 2. The Morgan fingerprint density at radius 2 is 1.05 bits per heavy atom. The quantitative estimate of drug-likeness (QED) is 0.207. The van der Waals surface area contributed by atoms with E-state index in [0.29, 0.717) is 0 Å². The van der Waals surface area contributed by atoms with Gasteiger partial charge in [0.1, 0.15) is 0 Å². The molecule has 4 aromatic rings. The molecule has 0 fully saturated rings. The molecule has 0 amide bonds. The van der Waals surface area contributed by atoms with Gasteiger partial charge in [-0.3, -0.25) is 9.98 Å². The summed E-state index contributed by atoms with van der Waals surface area (Å²) in [5.74, 6) is 0. The van der Waals surface area contributed by atoms with Crippen molar-refractivity contribution in [3.63, 3.8) is 0 Å². The molecule has 0 bridgehead atoms. The Bertz CT molecular complexity index is 1400. The third kappa shape index (κ3) is 5.12. The van der Waals surface area contributed by atoms with E-state index < -0.39 is 0 Å². The molecule has 4 aromatic carbocycles. The molecule has 2 N–H and O–H groups in total. The smallest absolute Gasteiger partial charge is 0.0861 e. The minimum atomic E-state index is -0.00632. The van der Waals surface area contributed by atoms with Crippen molar-refractivity contribution in [3.8, 4) is 11.1 Å². The lowest BCUT2D eigenvalue weighted by Gasteiger charge is -2.32. The van der Waals surface area contributed by atoms with Crippen LogP contribution in [-0.4, -0.2) is 26.5 Å². The van der Waals surface area contributed by atoms with Gasteiger partial charge in [0.2, 0.25) is 0 Å². The van der Waals surface area contributed by atoms with Crippen LogP contribution in [0.2, 0.25) is 0 Å². The van der Waals surface area contributed by atoms with Gasteiger partial charge in [-0.1, -0.05) is 75.2 Å². The summed E-state index contributed by atoms with van der Waals surface area (Å²) < 4.78 is 0. The molecule has 1 aliphatic rings. The highest BCUT2D eigenvalue weighted by atomic mass is 14.9. The Balaban J connectivity index is 1.56. The highest BCUT2D eigenvalue weighted by Gasteiger charge is 2.41. The second-order valence-corrected chi connectivity index (χ2v) is 10.2. The fraction of sp³-hybridized carbons (Fsp3) is 0.257. The zero-order valence-corrected chi connectivity index (χ0v) is 23.5. The maximum atomic E-state index is 4.83. The number of nitrogens with zero attached hydrogens (tertiary/aromatic N) is 2. The van der Waals surface area contributed by atoms with Crippen LogP contribution < -0.4 is 10.6 Å². The minimum absolute atomic E-state index is 0.00632. The van der Waals surface area contributed by atoms with Gasteiger partial charge < -0.3 is 10.6 Å². The van der Waals surface area contributed by atoms with Crippen molar-refractivity contribution in [1.82, 2.24) is 0 Å². The van der Waals surface area contributed by atoms with E-state index >= 15 is 0 Å². The lowest BCUT2D eigenvalue weighted by atomic mass is 9.71. The van der Waals surface area contributed by atoms with E-state index in [9.17, 15) is 0 Å². The second-order valence-electron chi connectivity index (χ2n) is 10.2. The number of nitrogens with one attached hydrogen (secondary N) is 2. The molecule has 0 aliphatic heterocycles. The lowest BCUT2D eigenvalue weighted by molar-refractivity contribution is 0.436. The molecular weight excluding hydrogens is 476 g/mol. The Hall–Kier alpha value is -4.18. The first-order chi connectivity index (χ1) is 19.1. The van der Waals surface area contributed by atoms with Gasteiger partial charge in [0.15, 0.2) is 0 Å². The van der Waals surface area contributed by atoms with Gasteiger partial charge in [-0.2, -0.15) is 0 Å². The molecule has 0 saturated heterocycles. The zero-order valence-electron chi connectivity index (χ0n) is 23.5. The fourth-order valence-corrected chi connectivity index (χ4v) is 6.09. The van der Waals surface area contributed by atoms with Crippen LogP contribution in [-0.2, 0) is 5.41 Å². The first kappa shape index (κ1) is 26.4. The SMILES string of the molecule is CCCC1(CCC)c2cc(C=Nc3ccccc3NC)ccc2-c2ccc(C=Nc3ccccc3NC)cc21. The molecule has 198 valence electrons. The van der Waals surface area contributed by atoms with Crippen molar-refractivity contribution in [2.45, 2.75) is 44.9 Å². The number of hydrogen-bond acceptors (Lipinski definition) is 4. The highest BCUT2D eigenvalue weighted by Crippen LogP contribution is 2.54. The number of fused-ring (bicyclic) bond motifs is 3. The molecule has 0 saturated carbocycles. The van der Waals surface area contributed by atoms with Crippen LogP contribution >= 0.6 is 0 Å². The summed E-state index contributed by atoms with van der Waals surface area (Å²) >= 11 is 0. The van der Waals surface area contributed by atoms with Crippen LogP contribution in [0.3, 0.4) is 0 Å². The van der Waals surface area contributed by atoms with Gasteiger partial charge >= 0.3 is 0 Å². The Morgan fingerprint density at radius 1 is 0.615 bits per heavy atom. The molecule has 5 rings (SSSR count). The molecule has 0 spiro atoms. The van der Waals surface area contributed by atoms with E-state index in [2.05, 4.69) is 73.0 Å². The predicted molar refractivity (Wildman–Crippen MR) is 169 cm³/mol. The summed E-state index contributed by atoms with van der Waals surface area (Å²) in [7, 11) is 3.87. The predicted octanol–water partition coefficient (Wildman–Crippen LogP) is 9.14. The molecule has 4 nitrogen and oxygen atoms in total. The Kier molecular flexibility index (Phi) is 7.92. The van der Waals surface area contributed by atoms with Crippen molar-refractivity contribution in [2.75, 3.05) is 24.7 Å². The van der Waals surface area contributed by atoms with E-state index in [4.69, 9.17) is 9.98 Å². The lowest BCUT2D eigenvalue weighted by Crippen LogP contribution is -2.25. The van der Waals surface area contributed by atoms with Crippen LogP contribution in [0.5, 0.6) is 0 Å². The van der Waals surface area contributed by atoms with Crippen LogP contribution in [0.4, 0.5) is 22.7 Å². The standard InChI is InChI=1S/C35H38N4/c1-5-19-35(20-6-2)29-21-25(23-38-33-13-9-7-11-31(33)36-3)15-17-27(29)28-18-16-26(22-30(28)35)24-39-34-14-10-8-12-32(34)37-4/h7-18,21-24,36-37H,5-6,19-20H2,1-4H3. The summed E-state index contributed by atoms with van der Waals surface area (Å²) in [5, 5.41) is 6.47. The largest absolute Gasteiger partial charge is 0.386 e. The van der Waals surface area contributed by atoms with Crippen molar-refractivity contribution in [1.29, 1.82) is 0 Å². The molecular formula is C35H38N4. The summed E-state index contributed by atoms with van der Waals surface area (Å²) in [6.45, 7) is 4.60. The van der Waals surface area contributed by atoms with Crippen LogP contribution in [0.25, 0.3) is 11.1 Å². The normalized spacial score (nSPS) is 13.5. The van der Waals surface area contributed by atoms with Crippen LogP contribution in [0.1, 0.15) is 61.8 Å². The molecule has 0 radical (unpaired) electrons. The third-order valence-electron chi connectivity index (χ3n) is 7.81. The zero-order chi connectivity index (χ0) is 27.2. The summed E-state index contributed by atoms with van der Waals surface area (Å²) in [6, 6.07) is 30.0. The molecule has 1 aliphatic carbocycles. The minimum Gasteiger partial charge on any atom is -0.386 e. The second kappa shape index (κ2) is 11.7. The van der Waals surface area contributed by atoms with Gasteiger partial charge in [0, 0.05) is 31.9 Å². The molecule has 0 aromatic heterocycles. The first-order valence-electron chi connectivity index (χ1n) is 14.0. The molecule has 4 heteroatoms. The molecule has 0 unspecified atom stereocenters. The topological polar surface area (TPSA) is 48.8 Å².